The van der Waals surface area contributed by atoms with Crippen LogP contribution in [0.5, 0.6) is 0 Å². The van der Waals surface area contributed by atoms with E-state index in [2.05, 4.69) is 32.9 Å². The molecule has 6 heteroatoms. The highest BCUT2D eigenvalue weighted by molar-refractivity contribution is 5.71. The summed E-state index contributed by atoms with van der Waals surface area (Å²) in [6.07, 6.45) is 68.5. The molecule has 0 fully saturated rings. The lowest BCUT2D eigenvalue weighted by atomic mass is 10.0. The Hall–Kier alpha value is -3.41. The second-order valence-corrected chi connectivity index (χ2v) is 18.0. The average Bonchev–Trinajstić information content (AvgIpc) is 3.30. The average molecular weight is 905 g/mol. The molecule has 0 rings (SSSR count). The molecule has 372 valence electrons. The zero-order valence-corrected chi connectivity index (χ0v) is 42.5. The molecule has 0 bridgehead atoms. The Bertz CT molecular complexity index is 1270. The topological polar surface area (TPSA) is 78.9 Å². The Morgan fingerprint density at radius 2 is 0.600 bits per heavy atom. The second kappa shape index (κ2) is 53.2. The predicted molar refractivity (Wildman–Crippen MR) is 279 cm³/mol. The number of hydrogen-bond donors (Lipinski definition) is 0. The third-order valence-electron chi connectivity index (χ3n) is 11.6. The van der Waals surface area contributed by atoms with Gasteiger partial charge in [0, 0.05) is 19.3 Å². The molecule has 0 amide bonds. The van der Waals surface area contributed by atoms with Gasteiger partial charge in [-0.15, -0.1) is 0 Å². The van der Waals surface area contributed by atoms with E-state index in [9.17, 15) is 14.4 Å². The summed E-state index contributed by atoms with van der Waals surface area (Å²) < 4.78 is 16.8. The Balaban J connectivity index is 4.42. The number of esters is 3. The van der Waals surface area contributed by atoms with Gasteiger partial charge in [-0.1, -0.05) is 279 Å². The Labute approximate surface area is 401 Å². The number of unbranched alkanes of at least 4 members (excludes halogenated alkanes) is 29. The van der Waals surface area contributed by atoms with Gasteiger partial charge in [-0.05, 0) is 38.5 Å². The van der Waals surface area contributed by atoms with E-state index in [0.717, 1.165) is 70.6 Å². The molecule has 0 spiro atoms. The fourth-order valence-electron chi connectivity index (χ4n) is 7.54. The molecular weight excluding hydrogens is 805 g/mol. The predicted octanol–water partition coefficient (Wildman–Crippen LogP) is 18.0. The minimum absolute atomic E-state index is 0.0887. The summed E-state index contributed by atoms with van der Waals surface area (Å²) in [4.78, 5) is 38.0. The van der Waals surface area contributed by atoms with Crippen molar-refractivity contribution in [2.45, 2.75) is 258 Å². The van der Waals surface area contributed by atoms with E-state index in [1.165, 1.54) is 141 Å². The molecule has 0 aromatic heterocycles. The highest BCUT2D eigenvalue weighted by Gasteiger charge is 2.19. The van der Waals surface area contributed by atoms with Crippen molar-refractivity contribution in [3.8, 4) is 0 Å². The number of hydrogen-bond acceptors (Lipinski definition) is 6. The SMILES string of the molecule is CC\C=C/C=C\C=C/C=C\C=C\C=C/C=C\CCCCCC(=O)OCC(COC(=O)CCCCCCCCCCCC)OC(=O)CCCCCCCCCCCCCCCCCCCC. The Morgan fingerprint density at radius 3 is 0.938 bits per heavy atom. The molecule has 0 aliphatic rings. The van der Waals surface area contributed by atoms with Crippen LogP contribution in [0.15, 0.2) is 85.1 Å². The summed E-state index contributed by atoms with van der Waals surface area (Å²) in [7, 11) is 0. The van der Waals surface area contributed by atoms with E-state index in [1.807, 2.05) is 72.9 Å². The van der Waals surface area contributed by atoms with Crippen molar-refractivity contribution < 1.29 is 28.6 Å². The number of rotatable bonds is 48. The molecule has 1 unspecified atom stereocenters. The molecule has 0 aliphatic heterocycles. The lowest BCUT2D eigenvalue weighted by Gasteiger charge is -2.18. The number of carbonyl (C=O) groups excluding carboxylic acids is 3. The first-order valence-electron chi connectivity index (χ1n) is 27.2. The van der Waals surface area contributed by atoms with E-state index in [4.69, 9.17) is 14.2 Å². The maximum atomic E-state index is 12.8. The lowest BCUT2D eigenvalue weighted by Crippen LogP contribution is -2.30. The van der Waals surface area contributed by atoms with Crippen molar-refractivity contribution in [1.29, 1.82) is 0 Å². The standard InChI is InChI=1S/C59H100O6/c1-4-7-10-13-16-19-22-24-26-28-30-32-33-35-37-40-43-46-49-52-58(61)64-55-56(54-63-57(60)51-48-45-42-39-21-18-15-12-9-6-3)65-59(62)53-50-47-44-41-38-36-34-31-29-27-25-23-20-17-14-11-8-5-2/h7,10,13,16,19,22,24,26,28,30,32-33,35,37,56H,4-6,8-9,11-12,14-15,17-18,20-21,23,25,27,29,31,34,36,38-55H2,1-3H3/b10-7-,16-13-,22-19-,26-24-,30-28+,33-32-,37-35-. The van der Waals surface area contributed by atoms with Gasteiger partial charge in [-0.25, -0.2) is 0 Å². The van der Waals surface area contributed by atoms with E-state index >= 15 is 0 Å². The van der Waals surface area contributed by atoms with Crippen LogP contribution in [0, 0.1) is 0 Å². The van der Waals surface area contributed by atoms with Crippen LogP contribution in [-0.4, -0.2) is 37.2 Å². The maximum absolute atomic E-state index is 12.8. The highest BCUT2D eigenvalue weighted by atomic mass is 16.6. The maximum Gasteiger partial charge on any atom is 0.306 e. The molecule has 0 saturated carbocycles. The highest BCUT2D eigenvalue weighted by Crippen LogP contribution is 2.16. The molecular formula is C59H100O6. The van der Waals surface area contributed by atoms with Crippen molar-refractivity contribution in [2.75, 3.05) is 13.2 Å². The largest absolute Gasteiger partial charge is 0.462 e. The van der Waals surface area contributed by atoms with Gasteiger partial charge in [0.15, 0.2) is 6.10 Å². The molecule has 0 N–H and O–H groups in total. The van der Waals surface area contributed by atoms with Gasteiger partial charge >= 0.3 is 17.9 Å². The van der Waals surface area contributed by atoms with Gasteiger partial charge in [-0.3, -0.25) is 14.4 Å². The van der Waals surface area contributed by atoms with Gasteiger partial charge in [0.1, 0.15) is 13.2 Å². The van der Waals surface area contributed by atoms with Crippen LogP contribution in [0.25, 0.3) is 0 Å². The normalized spacial score (nSPS) is 12.7. The molecule has 1 atom stereocenters. The van der Waals surface area contributed by atoms with E-state index in [1.54, 1.807) is 0 Å². The van der Waals surface area contributed by atoms with Crippen LogP contribution in [0.2, 0.25) is 0 Å². The van der Waals surface area contributed by atoms with Crippen LogP contribution in [-0.2, 0) is 28.6 Å². The van der Waals surface area contributed by atoms with Crippen LogP contribution < -0.4 is 0 Å². The lowest BCUT2D eigenvalue weighted by molar-refractivity contribution is -0.167. The van der Waals surface area contributed by atoms with Gasteiger partial charge in [0.25, 0.3) is 0 Å². The first-order chi connectivity index (χ1) is 32.0. The zero-order chi connectivity index (χ0) is 47.2. The van der Waals surface area contributed by atoms with Crippen LogP contribution in [0.4, 0.5) is 0 Å². The molecule has 65 heavy (non-hydrogen) atoms. The molecule has 0 radical (unpaired) electrons. The van der Waals surface area contributed by atoms with Crippen molar-refractivity contribution in [1.82, 2.24) is 0 Å². The monoisotopic (exact) mass is 905 g/mol. The van der Waals surface area contributed by atoms with Gasteiger partial charge in [-0.2, -0.15) is 0 Å². The first kappa shape index (κ1) is 61.6. The third kappa shape index (κ3) is 51.4. The van der Waals surface area contributed by atoms with E-state index in [-0.39, 0.29) is 31.1 Å². The van der Waals surface area contributed by atoms with Crippen molar-refractivity contribution in [3.05, 3.63) is 85.1 Å². The molecule has 0 heterocycles. The summed E-state index contributed by atoms with van der Waals surface area (Å²) in [6, 6.07) is 0. The number of carbonyl (C=O) groups is 3. The summed E-state index contributed by atoms with van der Waals surface area (Å²) in [5.41, 5.74) is 0. The number of allylic oxidation sites excluding steroid dienone is 14. The third-order valence-corrected chi connectivity index (χ3v) is 11.6. The molecule has 0 aromatic carbocycles. The molecule has 0 saturated heterocycles. The summed E-state index contributed by atoms with van der Waals surface area (Å²) in [6.45, 7) is 6.46. The minimum Gasteiger partial charge on any atom is -0.462 e. The van der Waals surface area contributed by atoms with Crippen molar-refractivity contribution in [3.63, 3.8) is 0 Å². The summed E-state index contributed by atoms with van der Waals surface area (Å²) in [5.74, 6) is -0.931. The minimum atomic E-state index is -0.792. The smallest absolute Gasteiger partial charge is 0.306 e. The van der Waals surface area contributed by atoms with Crippen molar-refractivity contribution >= 4 is 17.9 Å². The van der Waals surface area contributed by atoms with Gasteiger partial charge in [0.05, 0.1) is 0 Å². The number of ether oxygens (including phenoxy) is 3. The quantitative estimate of drug-likeness (QED) is 0.0262. The first-order valence-corrected chi connectivity index (χ1v) is 27.2. The summed E-state index contributed by atoms with van der Waals surface area (Å²) in [5, 5.41) is 0. The molecule has 0 aliphatic carbocycles. The Morgan fingerprint density at radius 1 is 0.323 bits per heavy atom. The van der Waals surface area contributed by atoms with Crippen LogP contribution >= 0.6 is 0 Å². The molecule has 0 aromatic rings. The van der Waals surface area contributed by atoms with Crippen LogP contribution in [0.3, 0.4) is 0 Å². The fourth-order valence-corrected chi connectivity index (χ4v) is 7.54. The molecule has 6 nitrogen and oxygen atoms in total. The fraction of sp³-hybridized carbons (Fsp3) is 0.712. The van der Waals surface area contributed by atoms with Crippen LogP contribution in [0.1, 0.15) is 252 Å². The van der Waals surface area contributed by atoms with E-state index < -0.39 is 6.10 Å². The van der Waals surface area contributed by atoms with E-state index in [0.29, 0.717) is 19.3 Å². The second-order valence-electron chi connectivity index (χ2n) is 18.0. The Kier molecular flexibility index (Phi) is 50.4. The van der Waals surface area contributed by atoms with Crippen molar-refractivity contribution in [2.24, 2.45) is 0 Å². The zero-order valence-electron chi connectivity index (χ0n) is 42.5. The summed E-state index contributed by atoms with van der Waals surface area (Å²) >= 11 is 0. The van der Waals surface area contributed by atoms with Gasteiger partial charge < -0.3 is 14.2 Å². The van der Waals surface area contributed by atoms with Gasteiger partial charge in [0.2, 0.25) is 0 Å².